The average molecular weight is 443 g/mol. The summed E-state index contributed by atoms with van der Waals surface area (Å²) in [6.07, 6.45) is -11.8. The molecule has 10 heteroatoms. The van der Waals surface area contributed by atoms with Crippen molar-refractivity contribution in [2.75, 3.05) is 4.31 Å². The van der Waals surface area contributed by atoms with Crippen LogP contribution in [-0.2, 0) is 5.60 Å². The number of halogens is 6. The smallest absolute Gasteiger partial charge is 0.369 e. The second-order valence-electron chi connectivity index (χ2n) is 6.54. The van der Waals surface area contributed by atoms with Crippen molar-refractivity contribution >= 4 is 29.0 Å². The first-order valence-corrected chi connectivity index (χ1v) is 9.78. The molecule has 0 saturated heterocycles. The molecule has 0 atom stereocenters. The molecule has 0 fully saturated rings. The van der Waals surface area contributed by atoms with Gasteiger partial charge in [0.1, 0.15) is 0 Å². The van der Waals surface area contributed by atoms with E-state index in [9.17, 15) is 31.4 Å². The fraction of sp³-hybridized carbons (Fsp3) is 0.444. The predicted molar refractivity (Wildman–Crippen MR) is 99.7 cm³/mol. The Bertz CT molecular complexity index is 797. The second-order valence-corrected chi connectivity index (χ2v) is 9.02. The van der Waals surface area contributed by atoms with E-state index in [-0.39, 0.29) is 6.04 Å². The Kier molecular flexibility index (Phi) is 6.37. The Morgan fingerprint density at radius 3 is 1.82 bits per heavy atom. The van der Waals surface area contributed by atoms with Gasteiger partial charge in [-0.1, -0.05) is 12.1 Å². The molecule has 1 heterocycles. The number of hydrogen-bond donors (Lipinski definition) is 1. The molecule has 0 bridgehead atoms. The Hall–Kier alpha value is -1.39. The first-order chi connectivity index (χ1) is 12.7. The molecule has 0 spiro atoms. The summed E-state index contributed by atoms with van der Waals surface area (Å²) in [5.74, 6) is 0. The molecule has 156 valence electrons. The highest BCUT2D eigenvalue weighted by Gasteiger charge is 2.71. The Morgan fingerprint density at radius 2 is 1.46 bits per heavy atom. The van der Waals surface area contributed by atoms with Crippen LogP contribution in [0.15, 0.2) is 35.2 Å². The number of alkyl halides is 6. The molecule has 0 radical (unpaired) electrons. The van der Waals surface area contributed by atoms with Crippen LogP contribution in [0.25, 0.3) is 0 Å². The summed E-state index contributed by atoms with van der Waals surface area (Å²) >= 11 is 2.96. The summed E-state index contributed by atoms with van der Waals surface area (Å²) in [6, 6.07) is 5.52. The molecule has 28 heavy (non-hydrogen) atoms. The van der Waals surface area contributed by atoms with Crippen LogP contribution >= 0.6 is 23.3 Å². The first-order valence-electron chi connectivity index (χ1n) is 8.19. The molecule has 1 aromatic carbocycles. The van der Waals surface area contributed by atoms with Crippen LogP contribution in [-0.4, -0.2) is 23.5 Å². The van der Waals surface area contributed by atoms with Gasteiger partial charge in [-0.05, 0) is 57.8 Å². The minimum atomic E-state index is -5.90. The van der Waals surface area contributed by atoms with Gasteiger partial charge >= 0.3 is 12.4 Å². The molecule has 1 aromatic heterocycles. The maximum Gasteiger partial charge on any atom is 0.430 e. The van der Waals surface area contributed by atoms with Crippen molar-refractivity contribution in [2.24, 2.45) is 0 Å². The average Bonchev–Trinajstić information content (AvgIpc) is 2.87. The summed E-state index contributed by atoms with van der Waals surface area (Å²) < 4.78 is 79.9. The number of aliphatic hydroxyl groups is 1. The minimum absolute atomic E-state index is 0.0837. The lowest BCUT2D eigenvalue weighted by Gasteiger charge is -2.33. The maximum atomic E-state index is 13.0. The van der Waals surface area contributed by atoms with Crippen molar-refractivity contribution in [1.29, 1.82) is 0 Å². The van der Waals surface area contributed by atoms with Gasteiger partial charge in [0.15, 0.2) is 0 Å². The molecule has 0 unspecified atom stereocenters. The number of benzene rings is 1. The van der Waals surface area contributed by atoms with Crippen molar-refractivity contribution in [3.05, 3.63) is 45.6 Å². The van der Waals surface area contributed by atoms with Crippen molar-refractivity contribution < 1.29 is 31.4 Å². The van der Waals surface area contributed by atoms with Gasteiger partial charge in [-0.3, -0.25) is 0 Å². The predicted octanol–water partition coefficient (Wildman–Crippen LogP) is 6.60. The first kappa shape index (κ1) is 22.9. The standard InChI is InChI=1S/C18H19F6NOS2/c1-10(2)25(28-15-9-11(3)27-12(15)4)14-7-5-13(6-8-14)16(26,17(19,20)21)18(22,23)24/h5-10,26H,1-4H3. The molecule has 0 aliphatic carbocycles. The van der Waals surface area contributed by atoms with E-state index in [4.69, 9.17) is 0 Å². The van der Waals surface area contributed by atoms with Gasteiger partial charge in [-0.25, -0.2) is 0 Å². The Morgan fingerprint density at radius 1 is 0.964 bits per heavy atom. The highest BCUT2D eigenvalue weighted by atomic mass is 32.2. The van der Waals surface area contributed by atoms with Crippen LogP contribution in [0.1, 0.15) is 29.2 Å². The van der Waals surface area contributed by atoms with E-state index in [1.807, 2.05) is 33.8 Å². The van der Waals surface area contributed by atoms with Crippen LogP contribution in [0.2, 0.25) is 0 Å². The van der Waals surface area contributed by atoms with E-state index in [2.05, 4.69) is 0 Å². The van der Waals surface area contributed by atoms with Crippen LogP contribution in [0.3, 0.4) is 0 Å². The van der Waals surface area contributed by atoms with Gasteiger partial charge in [-0.15, -0.1) is 11.3 Å². The van der Waals surface area contributed by atoms with Crippen LogP contribution in [0, 0.1) is 13.8 Å². The zero-order valence-corrected chi connectivity index (χ0v) is 17.1. The van der Waals surface area contributed by atoms with Crippen molar-refractivity contribution in [3.63, 3.8) is 0 Å². The molecule has 1 N–H and O–H groups in total. The minimum Gasteiger partial charge on any atom is -0.369 e. The summed E-state index contributed by atoms with van der Waals surface area (Å²) in [5.41, 5.74) is -5.76. The fourth-order valence-electron chi connectivity index (χ4n) is 2.60. The lowest BCUT2D eigenvalue weighted by molar-refractivity contribution is -0.376. The Labute approximate surface area is 167 Å². The van der Waals surface area contributed by atoms with E-state index in [1.54, 1.807) is 15.6 Å². The van der Waals surface area contributed by atoms with E-state index in [0.717, 1.165) is 26.8 Å². The molecule has 0 saturated carbocycles. The van der Waals surface area contributed by atoms with E-state index in [1.165, 1.54) is 11.9 Å². The van der Waals surface area contributed by atoms with Crippen LogP contribution < -0.4 is 4.31 Å². The highest BCUT2D eigenvalue weighted by Crippen LogP contribution is 2.50. The second kappa shape index (κ2) is 7.79. The van der Waals surface area contributed by atoms with E-state index in [0.29, 0.717) is 17.8 Å². The highest BCUT2D eigenvalue weighted by molar-refractivity contribution is 8.00. The molecular formula is C18H19F6NOS2. The molecule has 0 aliphatic heterocycles. The third-order valence-electron chi connectivity index (χ3n) is 4.02. The third kappa shape index (κ3) is 4.28. The number of nitrogens with zero attached hydrogens (tertiary/aromatic N) is 1. The van der Waals surface area contributed by atoms with Crippen molar-refractivity contribution in [3.8, 4) is 0 Å². The normalized spacial score (nSPS) is 13.3. The number of aryl methyl sites for hydroxylation is 2. The molecule has 2 nitrogen and oxygen atoms in total. The fourth-order valence-corrected chi connectivity index (χ4v) is 4.74. The van der Waals surface area contributed by atoms with E-state index >= 15 is 0 Å². The lowest BCUT2D eigenvalue weighted by Crippen LogP contribution is -2.53. The SMILES string of the molecule is Cc1cc(SN(c2ccc(C(O)(C(F)(F)F)C(F)(F)F)cc2)C(C)C)c(C)s1. The van der Waals surface area contributed by atoms with Gasteiger partial charge in [0.05, 0.1) is 0 Å². The van der Waals surface area contributed by atoms with Crippen LogP contribution in [0.5, 0.6) is 0 Å². The van der Waals surface area contributed by atoms with Gasteiger partial charge in [-0.2, -0.15) is 26.3 Å². The molecule has 0 aliphatic rings. The third-order valence-corrected chi connectivity index (χ3v) is 6.57. The number of thiophene rings is 1. The van der Waals surface area contributed by atoms with Gasteiger partial charge in [0, 0.05) is 31.9 Å². The van der Waals surface area contributed by atoms with Gasteiger partial charge < -0.3 is 9.41 Å². The molecule has 2 aromatic rings. The van der Waals surface area contributed by atoms with Crippen LogP contribution in [0.4, 0.5) is 32.0 Å². The molecule has 2 rings (SSSR count). The lowest BCUT2D eigenvalue weighted by atomic mass is 9.92. The van der Waals surface area contributed by atoms with Gasteiger partial charge in [0.2, 0.25) is 0 Å². The Balaban J connectivity index is 2.41. The number of anilines is 1. The monoisotopic (exact) mass is 443 g/mol. The molecule has 0 amide bonds. The zero-order valence-electron chi connectivity index (χ0n) is 15.4. The van der Waals surface area contributed by atoms with E-state index < -0.39 is 23.5 Å². The molecular weight excluding hydrogens is 424 g/mol. The quantitative estimate of drug-likeness (QED) is 0.416. The summed E-state index contributed by atoms with van der Waals surface area (Å²) in [6.45, 7) is 7.61. The number of rotatable bonds is 5. The zero-order chi connectivity index (χ0) is 21.5. The summed E-state index contributed by atoms with van der Waals surface area (Å²) in [5, 5.41) is 9.50. The van der Waals surface area contributed by atoms with Crippen molar-refractivity contribution in [1.82, 2.24) is 0 Å². The topological polar surface area (TPSA) is 23.5 Å². The summed E-state index contributed by atoms with van der Waals surface area (Å²) in [7, 11) is 0. The van der Waals surface area contributed by atoms with Crippen molar-refractivity contribution in [2.45, 2.75) is 56.6 Å². The maximum absolute atomic E-state index is 13.0. The van der Waals surface area contributed by atoms with Gasteiger partial charge in [0.25, 0.3) is 5.60 Å². The summed E-state index contributed by atoms with van der Waals surface area (Å²) in [4.78, 5) is 3.12. The number of hydrogen-bond acceptors (Lipinski definition) is 4. The largest absolute Gasteiger partial charge is 0.430 e.